The molecule has 0 saturated carbocycles. The number of rotatable bonds is 4. The molecule has 1 aliphatic heterocycles. The monoisotopic (exact) mass is 274 g/mol. The molecule has 5 nitrogen and oxygen atoms in total. The lowest BCUT2D eigenvalue weighted by atomic mass is 10.0. The molecule has 0 unspecified atom stereocenters. The highest BCUT2D eigenvalue weighted by atomic mass is 16.5. The van der Waals surface area contributed by atoms with Gasteiger partial charge in [-0.15, -0.1) is 0 Å². The second kappa shape index (κ2) is 5.25. The van der Waals surface area contributed by atoms with E-state index in [0.717, 1.165) is 24.3 Å². The predicted octanol–water partition coefficient (Wildman–Crippen LogP) is 2.23. The number of aliphatic hydroxyl groups is 1. The smallest absolute Gasteiger partial charge is 0.229 e. The molecule has 2 heterocycles. The average Bonchev–Trinajstić information content (AvgIpc) is 3.05. The number of benzene rings is 1. The summed E-state index contributed by atoms with van der Waals surface area (Å²) >= 11 is 0. The second-order valence-corrected chi connectivity index (χ2v) is 5.45. The van der Waals surface area contributed by atoms with Gasteiger partial charge < -0.3 is 14.4 Å². The summed E-state index contributed by atoms with van der Waals surface area (Å²) in [5.74, 6) is 2.14. The Balaban J connectivity index is 1.80. The van der Waals surface area contributed by atoms with Gasteiger partial charge in [0, 0.05) is 12.0 Å². The molecule has 1 aliphatic rings. The summed E-state index contributed by atoms with van der Waals surface area (Å²) in [6.45, 7) is 4.65. The first-order valence-corrected chi connectivity index (χ1v) is 6.90. The van der Waals surface area contributed by atoms with Crippen LogP contribution in [0.25, 0.3) is 11.4 Å². The van der Waals surface area contributed by atoms with Gasteiger partial charge in [0.15, 0.2) is 0 Å². The number of fused-ring (bicyclic) bond motifs is 1. The van der Waals surface area contributed by atoms with Crippen LogP contribution in [-0.4, -0.2) is 28.0 Å². The molecule has 0 bridgehead atoms. The Hall–Kier alpha value is -1.88. The van der Waals surface area contributed by atoms with Crippen molar-refractivity contribution in [3.63, 3.8) is 0 Å². The number of aromatic nitrogens is 2. The van der Waals surface area contributed by atoms with Crippen molar-refractivity contribution in [3.8, 4) is 17.1 Å². The first-order valence-electron chi connectivity index (χ1n) is 6.90. The van der Waals surface area contributed by atoms with Crippen LogP contribution in [0.4, 0.5) is 0 Å². The molecule has 1 N–H and O–H groups in total. The van der Waals surface area contributed by atoms with Gasteiger partial charge >= 0.3 is 0 Å². The van der Waals surface area contributed by atoms with Crippen LogP contribution < -0.4 is 4.74 Å². The van der Waals surface area contributed by atoms with Crippen molar-refractivity contribution < 1.29 is 14.4 Å². The maximum absolute atomic E-state index is 9.84. The SMILES string of the molecule is CC(C)[C@@H](O)Cc1nc(-c2ccc3c(c2)CCO3)no1. The second-order valence-electron chi connectivity index (χ2n) is 5.45. The van der Waals surface area contributed by atoms with Crippen molar-refractivity contribution in [1.82, 2.24) is 10.1 Å². The van der Waals surface area contributed by atoms with E-state index in [1.807, 2.05) is 32.0 Å². The third-order valence-corrected chi connectivity index (χ3v) is 3.57. The fourth-order valence-electron chi connectivity index (χ4n) is 2.20. The summed E-state index contributed by atoms with van der Waals surface area (Å²) in [5, 5.41) is 13.8. The van der Waals surface area contributed by atoms with Gasteiger partial charge in [0.1, 0.15) is 5.75 Å². The van der Waals surface area contributed by atoms with Gasteiger partial charge in [-0.25, -0.2) is 0 Å². The molecule has 2 aromatic rings. The van der Waals surface area contributed by atoms with E-state index in [4.69, 9.17) is 9.26 Å². The van der Waals surface area contributed by atoms with E-state index in [-0.39, 0.29) is 5.92 Å². The van der Waals surface area contributed by atoms with E-state index in [1.54, 1.807) is 0 Å². The van der Waals surface area contributed by atoms with E-state index in [0.29, 0.717) is 18.1 Å². The Morgan fingerprint density at radius 3 is 3.00 bits per heavy atom. The highest BCUT2D eigenvalue weighted by Crippen LogP contribution is 2.29. The molecular formula is C15H18N2O3. The molecule has 0 radical (unpaired) electrons. The van der Waals surface area contributed by atoms with E-state index in [2.05, 4.69) is 10.1 Å². The largest absolute Gasteiger partial charge is 0.493 e. The van der Waals surface area contributed by atoms with Crippen LogP contribution in [0.3, 0.4) is 0 Å². The Morgan fingerprint density at radius 2 is 2.20 bits per heavy atom. The fourth-order valence-corrected chi connectivity index (χ4v) is 2.20. The van der Waals surface area contributed by atoms with Crippen molar-refractivity contribution in [2.45, 2.75) is 32.8 Å². The zero-order valence-electron chi connectivity index (χ0n) is 11.7. The number of ether oxygens (including phenoxy) is 1. The van der Waals surface area contributed by atoms with Crippen molar-refractivity contribution in [3.05, 3.63) is 29.7 Å². The minimum absolute atomic E-state index is 0.169. The van der Waals surface area contributed by atoms with E-state index < -0.39 is 6.10 Å². The van der Waals surface area contributed by atoms with Crippen LogP contribution in [-0.2, 0) is 12.8 Å². The molecule has 0 aliphatic carbocycles. The lowest BCUT2D eigenvalue weighted by Gasteiger charge is -2.10. The van der Waals surface area contributed by atoms with Gasteiger partial charge in [-0.1, -0.05) is 19.0 Å². The summed E-state index contributed by atoms with van der Waals surface area (Å²) in [6.07, 6.45) is 0.843. The summed E-state index contributed by atoms with van der Waals surface area (Å²) < 4.78 is 10.7. The number of nitrogens with zero attached hydrogens (tertiary/aromatic N) is 2. The van der Waals surface area contributed by atoms with Crippen molar-refractivity contribution >= 4 is 0 Å². The van der Waals surface area contributed by atoms with Gasteiger partial charge in [0.2, 0.25) is 11.7 Å². The Kier molecular flexibility index (Phi) is 3.44. The highest BCUT2D eigenvalue weighted by molar-refractivity contribution is 5.59. The quantitative estimate of drug-likeness (QED) is 0.926. The average molecular weight is 274 g/mol. The molecule has 0 fully saturated rings. The molecule has 0 saturated heterocycles. The zero-order chi connectivity index (χ0) is 14.1. The molecule has 3 rings (SSSR count). The van der Waals surface area contributed by atoms with Crippen molar-refractivity contribution in [1.29, 1.82) is 0 Å². The molecule has 5 heteroatoms. The standard InChI is InChI=1S/C15H18N2O3/c1-9(2)12(18)8-14-16-15(17-20-14)11-3-4-13-10(7-11)5-6-19-13/h3-4,7,9,12,18H,5-6,8H2,1-2H3/t12-/m0/s1. The minimum Gasteiger partial charge on any atom is -0.493 e. The third-order valence-electron chi connectivity index (χ3n) is 3.57. The van der Waals surface area contributed by atoms with Gasteiger partial charge in [-0.3, -0.25) is 0 Å². The lowest BCUT2D eigenvalue weighted by Crippen LogP contribution is -2.17. The van der Waals surface area contributed by atoms with Crippen LogP contribution in [0.5, 0.6) is 5.75 Å². The van der Waals surface area contributed by atoms with Crippen molar-refractivity contribution in [2.75, 3.05) is 6.61 Å². The van der Waals surface area contributed by atoms with E-state index in [9.17, 15) is 5.11 Å². The number of aliphatic hydroxyl groups excluding tert-OH is 1. The van der Waals surface area contributed by atoms with Gasteiger partial charge in [-0.05, 0) is 29.7 Å². The maximum Gasteiger partial charge on any atom is 0.229 e. The van der Waals surface area contributed by atoms with Gasteiger partial charge in [-0.2, -0.15) is 4.98 Å². The predicted molar refractivity (Wildman–Crippen MR) is 73.5 cm³/mol. The minimum atomic E-state index is -0.461. The molecule has 1 aromatic carbocycles. The van der Waals surface area contributed by atoms with Crippen molar-refractivity contribution in [2.24, 2.45) is 5.92 Å². The Labute approximate surface area is 117 Å². The van der Waals surface area contributed by atoms with Crippen LogP contribution in [0.15, 0.2) is 22.7 Å². The number of hydrogen-bond donors (Lipinski definition) is 1. The molecule has 106 valence electrons. The molecule has 1 atom stereocenters. The maximum atomic E-state index is 9.84. The molecule has 20 heavy (non-hydrogen) atoms. The van der Waals surface area contributed by atoms with Crippen LogP contribution >= 0.6 is 0 Å². The highest BCUT2D eigenvalue weighted by Gasteiger charge is 2.18. The van der Waals surface area contributed by atoms with Gasteiger partial charge in [0.25, 0.3) is 0 Å². The summed E-state index contributed by atoms with van der Waals surface area (Å²) in [6, 6.07) is 5.91. The van der Waals surface area contributed by atoms with Gasteiger partial charge in [0.05, 0.1) is 19.1 Å². The van der Waals surface area contributed by atoms with Crippen LogP contribution in [0.1, 0.15) is 25.3 Å². The third kappa shape index (κ3) is 2.54. The summed E-state index contributed by atoms with van der Waals surface area (Å²) in [4.78, 5) is 4.35. The van der Waals surface area contributed by atoms with E-state index in [1.165, 1.54) is 5.56 Å². The molecule has 1 aromatic heterocycles. The van der Waals surface area contributed by atoms with E-state index >= 15 is 0 Å². The lowest BCUT2D eigenvalue weighted by molar-refractivity contribution is 0.116. The van der Waals surface area contributed by atoms with Crippen LogP contribution in [0.2, 0.25) is 0 Å². The zero-order valence-corrected chi connectivity index (χ0v) is 11.7. The first-order chi connectivity index (χ1) is 9.63. The Bertz CT molecular complexity index is 607. The summed E-state index contributed by atoms with van der Waals surface area (Å²) in [7, 11) is 0. The molecule has 0 spiro atoms. The fraction of sp³-hybridized carbons (Fsp3) is 0.467. The first kappa shape index (κ1) is 13.1. The topological polar surface area (TPSA) is 68.4 Å². The Morgan fingerprint density at radius 1 is 1.35 bits per heavy atom. The normalized spacial score (nSPS) is 15.2. The van der Waals surface area contributed by atoms with Crippen LogP contribution in [0, 0.1) is 5.92 Å². The molecule has 0 amide bonds. The number of hydrogen-bond acceptors (Lipinski definition) is 5. The summed E-state index contributed by atoms with van der Waals surface area (Å²) in [5.41, 5.74) is 2.10. The molecular weight excluding hydrogens is 256 g/mol.